The predicted molar refractivity (Wildman–Crippen MR) is 91.1 cm³/mol. The van der Waals surface area contributed by atoms with Crippen molar-refractivity contribution in [1.82, 2.24) is 4.90 Å². The summed E-state index contributed by atoms with van der Waals surface area (Å²) in [7, 11) is -1.69. The molecule has 2 aliphatic rings. The van der Waals surface area contributed by atoms with Crippen LogP contribution in [-0.4, -0.2) is 43.3 Å². The lowest BCUT2D eigenvalue weighted by molar-refractivity contribution is -0.0191. The van der Waals surface area contributed by atoms with Gasteiger partial charge in [0.15, 0.2) is 11.5 Å². The number of aliphatic hydroxyl groups is 1. The molecule has 23 heavy (non-hydrogen) atoms. The molecule has 0 aromatic heterocycles. The van der Waals surface area contributed by atoms with Gasteiger partial charge in [-0.15, -0.1) is 0 Å². The maximum atomic E-state index is 11.3. The lowest BCUT2D eigenvalue weighted by Crippen LogP contribution is -2.48. The Morgan fingerprint density at radius 2 is 2.39 bits per heavy atom. The first-order valence-corrected chi connectivity index (χ1v) is 7.21. The highest BCUT2D eigenvalue weighted by Gasteiger charge is 2.38. The standard InChI is InChI=1S/C19H29NO3/c1-12(2)7-14-11-20-6-5-13-8-18(22-3)19(23-4)9-15(13)16(20)10-17(14)21/h8-9,12,14,16-17,21H,5-7,10-11H2,1-4H3/i1D3,4D3,7D2,10D2,12D,14D,16D,17D. The van der Waals surface area contributed by atoms with Gasteiger partial charge in [-0.3, -0.25) is 4.90 Å². The van der Waals surface area contributed by atoms with Crippen LogP contribution < -0.4 is 9.47 Å². The third-order valence-electron chi connectivity index (χ3n) is 3.93. The minimum Gasteiger partial charge on any atom is -0.493 e. The zero-order valence-electron chi connectivity index (χ0n) is 27.0. The van der Waals surface area contributed by atoms with Gasteiger partial charge in [-0.1, -0.05) is 13.8 Å². The van der Waals surface area contributed by atoms with Crippen molar-refractivity contribution in [3.8, 4) is 11.5 Å². The summed E-state index contributed by atoms with van der Waals surface area (Å²) < 4.78 is 125. The van der Waals surface area contributed by atoms with Gasteiger partial charge in [0.1, 0.15) is 0 Å². The van der Waals surface area contributed by atoms with Crippen molar-refractivity contribution in [1.29, 1.82) is 0 Å². The lowest BCUT2D eigenvalue weighted by atomic mass is 9.79. The molecule has 3 rings (SSSR count). The molecule has 0 bridgehead atoms. The maximum Gasteiger partial charge on any atom is 0.161 e. The van der Waals surface area contributed by atoms with Crippen LogP contribution in [0.3, 0.4) is 0 Å². The second-order valence-corrected chi connectivity index (χ2v) is 5.48. The van der Waals surface area contributed by atoms with Crippen molar-refractivity contribution >= 4 is 0 Å². The van der Waals surface area contributed by atoms with E-state index in [2.05, 4.69) is 0 Å². The monoisotopic (exact) mass is 333 g/mol. The number of nitrogens with zero attached hydrogens (tertiary/aromatic N) is 1. The lowest BCUT2D eigenvalue weighted by Gasteiger charge is -2.46. The van der Waals surface area contributed by atoms with Crippen LogP contribution in [0.15, 0.2) is 12.1 Å². The van der Waals surface area contributed by atoms with Crippen LogP contribution >= 0.6 is 0 Å². The first kappa shape index (κ1) is 6.57. The van der Waals surface area contributed by atoms with Crippen LogP contribution in [0.4, 0.5) is 0 Å². The van der Waals surface area contributed by atoms with E-state index >= 15 is 0 Å². The van der Waals surface area contributed by atoms with Crippen LogP contribution in [0.5, 0.6) is 11.5 Å². The molecular weight excluding hydrogens is 290 g/mol. The number of hydrogen-bond donors (Lipinski definition) is 1. The van der Waals surface area contributed by atoms with Gasteiger partial charge in [0.05, 0.1) is 27.1 Å². The van der Waals surface area contributed by atoms with Gasteiger partial charge >= 0.3 is 0 Å². The number of benzene rings is 1. The third kappa shape index (κ3) is 3.20. The number of fused-ring (bicyclic) bond motifs is 3. The molecule has 1 aromatic carbocycles. The van der Waals surface area contributed by atoms with Gasteiger partial charge in [-0.25, -0.2) is 0 Å². The Hall–Kier alpha value is -1.26. The van der Waals surface area contributed by atoms with Gasteiger partial charge < -0.3 is 14.6 Å². The molecule has 0 spiro atoms. The average Bonchev–Trinajstić information content (AvgIpc) is 2.72. The molecule has 1 fully saturated rings. The quantitative estimate of drug-likeness (QED) is 0.920. The SMILES string of the molecule is [2H]C([2H])([2H])Oc1cc2c(cc1OC)CCN1CC([2H])(C([2H])([2H])C([2H])(C)C([2H])([2H])[2H])C([2H])(O)C([2H])([2H])C21[2H]. The molecule has 4 atom stereocenters. The Morgan fingerprint density at radius 3 is 3.13 bits per heavy atom. The van der Waals surface area contributed by atoms with E-state index in [4.69, 9.17) is 27.3 Å². The molecule has 0 saturated carbocycles. The van der Waals surface area contributed by atoms with Crippen LogP contribution in [-0.2, 0) is 6.42 Å². The van der Waals surface area contributed by atoms with E-state index in [9.17, 15) is 6.48 Å². The Labute approximate surface area is 159 Å². The molecule has 4 heteroatoms. The topological polar surface area (TPSA) is 41.9 Å². The minimum atomic E-state index is -3.76. The van der Waals surface area contributed by atoms with Gasteiger partial charge in [-0.2, -0.15) is 0 Å². The summed E-state index contributed by atoms with van der Waals surface area (Å²) >= 11 is 0. The Balaban J connectivity index is 2.27. The molecule has 1 aromatic rings. The molecule has 0 amide bonds. The van der Waals surface area contributed by atoms with E-state index in [1.165, 1.54) is 13.2 Å². The van der Waals surface area contributed by atoms with E-state index in [0.717, 1.165) is 11.0 Å². The predicted octanol–water partition coefficient (Wildman–Crippen LogP) is 3.03. The van der Waals surface area contributed by atoms with E-state index in [1.54, 1.807) is 0 Å². The summed E-state index contributed by atoms with van der Waals surface area (Å²) in [5.41, 5.74) is 0.121. The normalized spacial score (nSPS) is 52.5. The van der Waals surface area contributed by atoms with Crippen LogP contribution in [0, 0.1) is 11.8 Å². The highest BCUT2D eigenvalue weighted by atomic mass is 16.5. The highest BCUT2D eigenvalue weighted by Crippen LogP contribution is 2.43. The number of piperidine rings is 1. The summed E-state index contributed by atoms with van der Waals surface area (Å²) in [5, 5.41) is 11.3. The molecule has 4 nitrogen and oxygen atoms in total. The van der Waals surface area contributed by atoms with E-state index in [-0.39, 0.29) is 30.0 Å². The van der Waals surface area contributed by atoms with E-state index in [1.807, 2.05) is 0 Å². The van der Waals surface area contributed by atoms with Crippen molar-refractivity contribution in [2.45, 2.75) is 45.0 Å². The first-order chi connectivity index (χ1) is 16.3. The van der Waals surface area contributed by atoms with Crippen molar-refractivity contribution in [2.24, 2.45) is 11.8 Å². The van der Waals surface area contributed by atoms with E-state index < -0.39 is 57.1 Å². The highest BCUT2D eigenvalue weighted by molar-refractivity contribution is 5.49. The van der Waals surface area contributed by atoms with Crippen LogP contribution in [0.2, 0.25) is 0 Å². The zero-order chi connectivity index (χ0) is 28.8. The maximum absolute atomic E-state index is 11.3. The minimum absolute atomic E-state index is 0.0155. The largest absolute Gasteiger partial charge is 0.493 e. The molecule has 0 aliphatic carbocycles. The summed E-state index contributed by atoms with van der Waals surface area (Å²) in [6, 6.07) is -0.258. The second-order valence-electron chi connectivity index (χ2n) is 5.48. The number of rotatable bonds is 4. The first-order valence-electron chi connectivity index (χ1n) is 14.2. The number of hydrogen-bond acceptors (Lipinski definition) is 4. The smallest absolute Gasteiger partial charge is 0.161 e. The molecule has 1 N–H and O–H groups in total. The van der Waals surface area contributed by atoms with Crippen molar-refractivity contribution in [2.75, 3.05) is 27.2 Å². The molecule has 0 radical (unpaired) electrons. The van der Waals surface area contributed by atoms with Crippen molar-refractivity contribution < 1.29 is 33.8 Å². The van der Waals surface area contributed by atoms with Gasteiger partial charge in [0, 0.05) is 31.4 Å². The Kier molecular flexibility index (Phi) is 1.91. The molecular formula is C19H29NO3. The van der Waals surface area contributed by atoms with E-state index in [0.29, 0.717) is 12.5 Å². The summed E-state index contributed by atoms with van der Waals surface area (Å²) in [5.74, 6) is -6.67. The number of ether oxygens (including phenoxy) is 2. The zero-order valence-corrected chi connectivity index (χ0v) is 13.0. The van der Waals surface area contributed by atoms with Crippen molar-refractivity contribution in [3.05, 3.63) is 23.3 Å². The summed E-state index contributed by atoms with van der Waals surface area (Å²) in [6.45, 7) is -3.75. The fourth-order valence-electron chi connectivity index (χ4n) is 2.89. The van der Waals surface area contributed by atoms with Gasteiger partial charge in [0.25, 0.3) is 0 Å². The average molecular weight is 334 g/mol. The van der Waals surface area contributed by atoms with Crippen molar-refractivity contribution in [3.63, 3.8) is 0 Å². The third-order valence-corrected chi connectivity index (χ3v) is 3.93. The molecule has 2 heterocycles. The molecule has 4 unspecified atom stereocenters. The fourth-order valence-corrected chi connectivity index (χ4v) is 2.89. The fraction of sp³-hybridized carbons (Fsp3) is 0.684. The molecule has 128 valence electrons. The van der Waals surface area contributed by atoms with Crippen LogP contribution in [0.1, 0.15) is 62.9 Å². The summed E-state index contributed by atoms with van der Waals surface area (Å²) in [6.07, 6.45) is -10.6. The van der Waals surface area contributed by atoms with Crippen LogP contribution in [0.25, 0.3) is 0 Å². The molecule has 1 saturated heterocycles. The van der Waals surface area contributed by atoms with Gasteiger partial charge in [-0.05, 0) is 54.2 Å². The molecule has 2 aliphatic heterocycles. The number of methoxy groups -OCH3 is 2. The van der Waals surface area contributed by atoms with Gasteiger partial charge in [0.2, 0.25) is 0 Å². The summed E-state index contributed by atoms with van der Waals surface area (Å²) in [4.78, 5) is 1.00. The Morgan fingerprint density at radius 1 is 1.57 bits per heavy atom. The Bertz CT molecular complexity index is 1070. The second kappa shape index (κ2) is 6.70.